The third-order valence-electron chi connectivity index (χ3n) is 4.65. The van der Waals surface area contributed by atoms with E-state index in [1.807, 2.05) is 31.2 Å². The Morgan fingerprint density at radius 3 is 2.56 bits per heavy atom. The van der Waals surface area contributed by atoms with Gasteiger partial charge in [0.15, 0.2) is 11.6 Å². The highest BCUT2D eigenvalue weighted by Crippen LogP contribution is 2.33. The number of hydrogen-bond acceptors (Lipinski definition) is 2. The largest absolute Gasteiger partial charge is 0.381 e. The van der Waals surface area contributed by atoms with Gasteiger partial charge in [-0.3, -0.25) is 0 Å². The van der Waals surface area contributed by atoms with Crippen molar-refractivity contribution in [3.05, 3.63) is 76.6 Å². The van der Waals surface area contributed by atoms with Crippen molar-refractivity contribution < 1.29 is 13.2 Å². The lowest BCUT2D eigenvalue weighted by Gasteiger charge is -2.29. The van der Waals surface area contributed by atoms with Crippen LogP contribution in [0.25, 0.3) is 0 Å². The first-order chi connectivity index (χ1) is 11.9. The zero-order valence-corrected chi connectivity index (χ0v) is 14.0. The lowest BCUT2D eigenvalue weighted by atomic mass is 9.80. The van der Waals surface area contributed by atoms with Crippen molar-refractivity contribution in [2.75, 3.05) is 11.9 Å². The third kappa shape index (κ3) is 4.04. The Balaban J connectivity index is 1.69. The molecule has 3 N–H and O–H groups in total. The predicted octanol–water partition coefficient (Wildman–Crippen LogP) is 4.66. The van der Waals surface area contributed by atoms with Gasteiger partial charge in [-0.25, -0.2) is 13.2 Å². The highest BCUT2D eigenvalue weighted by molar-refractivity contribution is 5.46. The highest BCUT2D eigenvalue weighted by Gasteiger charge is 2.27. The molecule has 2 atom stereocenters. The molecule has 2 aromatic carbocycles. The summed E-state index contributed by atoms with van der Waals surface area (Å²) >= 11 is 0. The van der Waals surface area contributed by atoms with Gasteiger partial charge in [-0.2, -0.15) is 0 Å². The maximum absolute atomic E-state index is 14.0. The van der Waals surface area contributed by atoms with Crippen molar-refractivity contribution in [2.45, 2.75) is 31.7 Å². The van der Waals surface area contributed by atoms with Gasteiger partial charge in [0.25, 0.3) is 0 Å². The van der Waals surface area contributed by atoms with E-state index in [0.717, 1.165) is 17.3 Å². The molecule has 1 aliphatic rings. The van der Waals surface area contributed by atoms with Crippen LogP contribution in [0.4, 0.5) is 18.9 Å². The summed E-state index contributed by atoms with van der Waals surface area (Å²) in [6.07, 6.45) is 3.10. The molecule has 0 unspecified atom stereocenters. The maximum Gasteiger partial charge on any atom is 0.161 e. The summed E-state index contributed by atoms with van der Waals surface area (Å²) < 4.78 is 40.6. The molecular formula is C20H21F3N2. The summed E-state index contributed by atoms with van der Waals surface area (Å²) in [4.78, 5) is 0. The second kappa shape index (κ2) is 7.31. The van der Waals surface area contributed by atoms with Crippen LogP contribution >= 0.6 is 0 Å². The number of allylic oxidation sites excluding steroid dienone is 1. The minimum Gasteiger partial charge on any atom is -0.381 e. The molecule has 5 heteroatoms. The average molecular weight is 346 g/mol. The standard InChI is InChI=1S/C20H21F3N2/c1-12-3-2-4-14(7-12)25-11-13-5-6-15(20(24)8-13)16-9-18(22)19(23)10-17(16)21/h2-5,7,9-10,15,20,25H,6,8,11,24H2,1H3/t15-,20+/m0/s1. The summed E-state index contributed by atoms with van der Waals surface area (Å²) in [6, 6.07) is 9.26. The molecule has 0 bridgehead atoms. The van der Waals surface area contributed by atoms with E-state index in [-0.39, 0.29) is 17.5 Å². The maximum atomic E-state index is 14.0. The zero-order chi connectivity index (χ0) is 18.0. The van der Waals surface area contributed by atoms with Gasteiger partial charge in [0, 0.05) is 30.3 Å². The topological polar surface area (TPSA) is 38.0 Å². The van der Waals surface area contributed by atoms with Gasteiger partial charge >= 0.3 is 0 Å². The van der Waals surface area contributed by atoms with Crippen molar-refractivity contribution in [1.29, 1.82) is 0 Å². The first kappa shape index (κ1) is 17.5. The second-order valence-electron chi connectivity index (χ2n) is 6.58. The fraction of sp³-hybridized carbons (Fsp3) is 0.300. The van der Waals surface area contributed by atoms with E-state index in [0.29, 0.717) is 25.5 Å². The summed E-state index contributed by atoms with van der Waals surface area (Å²) in [6.45, 7) is 2.69. The van der Waals surface area contributed by atoms with Crippen LogP contribution in [0.2, 0.25) is 0 Å². The van der Waals surface area contributed by atoms with Crippen molar-refractivity contribution in [3.63, 3.8) is 0 Å². The van der Waals surface area contributed by atoms with Crippen LogP contribution in [0.15, 0.2) is 48.0 Å². The molecule has 0 radical (unpaired) electrons. The lowest BCUT2D eigenvalue weighted by molar-refractivity contribution is 0.455. The van der Waals surface area contributed by atoms with Crippen molar-refractivity contribution in [1.82, 2.24) is 0 Å². The number of anilines is 1. The molecule has 0 aromatic heterocycles. The Hall–Kier alpha value is -2.27. The van der Waals surface area contributed by atoms with E-state index in [4.69, 9.17) is 5.73 Å². The SMILES string of the molecule is Cc1cccc(NCC2=CC[C@@H](c3cc(F)c(F)cc3F)[C@H](N)C2)c1. The van der Waals surface area contributed by atoms with E-state index in [1.54, 1.807) is 0 Å². The molecule has 2 aromatic rings. The number of benzene rings is 2. The van der Waals surface area contributed by atoms with Crippen molar-refractivity contribution in [2.24, 2.45) is 5.73 Å². The fourth-order valence-corrected chi connectivity index (χ4v) is 3.29. The van der Waals surface area contributed by atoms with E-state index in [2.05, 4.69) is 11.4 Å². The van der Waals surface area contributed by atoms with Crippen LogP contribution in [-0.4, -0.2) is 12.6 Å². The van der Waals surface area contributed by atoms with Crippen LogP contribution < -0.4 is 11.1 Å². The molecular weight excluding hydrogens is 325 g/mol. The Morgan fingerprint density at radius 2 is 1.84 bits per heavy atom. The molecule has 0 fully saturated rings. The number of hydrogen-bond donors (Lipinski definition) is 2. The van der Waals surface area contributed by atoms with Gasteiger partial charge in [0.2, 0.25) is 0 Å². The number of halogens is 3. The Labute approximate surface area is 145 Å². The molecule has 3 rings (SSSR count). The molecule has 0 spiro atoms. The van der Waals surface area contributed by atoms with Crippen molar-refractivity contribution in [3.8, 4) is 0 Å². The minimum atomic E-state index is -1.18. The number of aryl methyl sites for hydroxylation is 1. The molecule has 132 valence electrons. The Bertz CT molecular complexity index is 802. The molecule has 0 aliphatic heterocycles. The van der Waals surface area contributed by atoms with Crippen LogP contribution in [-0.2, 0) is 0 Å². The lowest BCUT2D eigenvalue weighted by Crippen LogP contribution is -2.33. The smallest absolute Gasteiger partial charge is 0.161 e. The first-order valence-corrected chi connectivity index (χ1v) is 8.32. The molecule has 0 amide bonds. The van der Waals surface area contributed by atoms with Gasteiger partial charge in [0.05, 0.1) is 0 Å². The van der Waals surface area contributed by atoms with Gasteiger partial charge in [-0.1, -0.05) is 23.8 Å². The molecule has 2 nitrogen and oxygen atoms in total. The summed E-state index contributed by atoms with van der Waals surface area (Å²) in [5, 5.41) is 3.35. The summed E-state index contributed by atoms with van der Waals surface area (Å²) in [5.74, 6) is -3.31. The van der Waals surface area contributed by atoms with E-state index in [1.165, 1.54) is 5.56 Å². The Kier molecular flexibility index (Phi) is 5.13. The van der Waals surface area contributed by atoms with Gasteiger partial charge in [-0.15, -0.1) is 0 Å². The van der Waals surface area contributed by atoms with Crippen LogP contribution in [0.5, 0.6) is 0 Å². The zero-order valence-electron chi connectivity index (χ0n) is 14.0. The normalized spacial score (nSPS) is 20.3. The predicted molar refractivity (Wildman–Crippen MR) is 94.0 cm³/mol. The molecule has 0 saturated heterocycles. The molecule has 0 heterocycles. The van der Waals surface area contributed by atoms with Gasteiger partial charge < -0.3 is 11.1 Å². The van der Waals surface area contributed by atoms with Gasteiger partial charge in [0.1, 0.15) is 5.82 Å². The molecule has 25 heavy (non-hydrogen) atoms. The summed E-state index contributed by atoms with van der Waals surface area (Å²) in [7, 11) is 0. The minimum absolute atomic E-state index is 0.147. The third-order valence-corrected chi connectivity index (χ3v) is 4.65. The number of rotatable bonds is 4. The van der Waals surface area contributed by atoms with Crippen LogP contribution in [0.1, 0.15) is 29.9 Å². The molecule has 1 aliphatic carbocycles. The van der Waals surface area contributed by atoms with E-state index < -0.39 is 17.5 Å². The first-order valence-electron chi connectivity index (χ1n) is 8.32. The van der Waals surface area contributed by atoms with E-state index >= 15 is 0 Å². The number of nitrogens with two attached hydrogens (primary N) is 1. The Morgan fingerprint density at radius 1 is 1.08 bits per heavy atom. The second-order valence-corrected chi connectivity index (χ2v) is 6.58. The highest BCUT2D eigenvalue weighted by atomic mass is 19.2. The quantitative estimate of drug-likeness (QED) is 0.624. The van der Waals surface area contributed by atoms with Gasteiger partial charge in [-0.05, 0) is 49.1 Å². The molecule has 0 saturated carbocycles. The average Bonchev–Trinajstić information content (AvgIpc) is 2.57. The van der Waals surface area contributed by atoms with E-state index in [9.17, 15) is 13.2 Å². The van der Waals surface area contributed by atoms with Crippen LogP contribution in [0, 0.1) is 24.4 Å². The van der Waals surface area contributed by atoms with Crippen molar-refractivity contribution >= 4 is 5.69 Å². The summed E-state index contributed by atoms with van der Waals surface area (Å²) in [5.41, 5.74) is 9.68. The van der Waals surface area contributed by atoms with Crippen LogP contribution in [0.3, 0.4) is 0 Å². The fourth-order valence-electron chi connectivity index (χ4n) is 3.29. The number of nitrogens with one attached hydrogen (secondary N) is 1. The monoisotopic (exact) mass is 346 g/mol.